The molecule has 0 radical (unpaired) electrons. The van der Waals surface area contributed by atoms with Crippen LogP contribution in [-0.2, 0) is 34.1 Å². The van der Waals surface area contributed by atoms with Crippen molar-refractivity contribution in [2.45, 2.75) is 43.5 Å². The molecule has 0 fully saturated rings. The van der Waals surface area contributed by atoms with Crippen LogP contribution >= 0.6 is 0 Å². The maximum Gasteiger partial charge on any atom is 0.240 e. The van der Waals surface area contributed by atoms with Crippen molar-refractivity contribution in [2.75, 3.05) is 11.4 Å². The highest BCUT2D eigenvalue weighted by Gasteiger charge is 2.30. The molecular formula is C26H28N2O3S. The zero-order chi connectivity index (χ0) is 22.6. The molecule has 0 saturated heterocycles. The lowest BCUT2D eigenvalue weighted by Gasteiger charge is -2.22. The number of anilines is 1. The van der Waals surface area contributed by atoms with Crippen molar-refractivity contribution in [3.8, 4) is 0 Å². The van der Waals surface area contributed by atoms with Crippen molar-refractivity contribution in [3.63, 3.8) is 0 Å². The van der Waals surface area contributed by atoms with Gasteiger partial charge in [-0.15, -0.1) is 0 Å². The van der Waals surface area contributed by atoms with Gasteiger partial charge in [0.15, 0.2) is 0 Å². The fourth-order valence-electron chi connectivity index (χ4n) is 4.21. The van der Waals surface area contributed by atoms with Crippen molar-refractivity contribution < 1.29 is 13.2 Å². The summed E-state index contributed by atoms with van der Waals surface area (Å²) in [6, 6.07) is 24.8. The van der Waals surface area contributed by atoms with Crippen molar-refractivity contribution >= 4 is 21.6 Å². The van der Waals surface area contributed by atoms with Crippen LogP contribution < -0.4 is 9.62 Å². The van der Waals surface area contributed by atoms with Crippen LogP contribution in [0.4, 0.5) is 5.69 Å². The van der Waals surface area contributed by atoms with Crippen LogP contribution in [0.5, 0.6) is 0 Å². The zero-order valence-electron chi connectivity index (χ0n) is 18.2. The molecular weight excluding hydrogens is 420 g/mol. The number of hydrogen-bond donors (Lipinski definition) is 1. The van der Waals surface area contributed by atoms with E-state index in [1.165, 1.54) is 5.56 Å². The van der Waals surface area contributed by atoms with E-state index in [9.17, 15) is 13.2 Å². The summed E-state index contributed by atoms with van der Waals surface area (Å²) in [6.07, 6.45) is 2.48. The molecule has 0 unspecified atom stereocenters. The standard InChI is InChI=1S/C26H28N2O3S/c1-20-19-23-9-5-6-10-25(23)28(20)26(29)16-13-22-11-14-24(15-12-22)32(30,31)27-18-17-21-7-3-2-4-8-21/h2-12,14-15,20,27H,13,16-19H2,1H3/t20-/m1/s1. The van der Waals surface area contributed by atoms with Gasteiger partial charge in [-0.1, -0.05) is 60.7 Å². The molecule has 0 aromatic heterocycles. The first kappa shape index (κ1) is 22.2. The number of carbonyl (C=O) groups is 1. The smallest absolute Gasteiger partial charge is 0.240 e. The molecule has 0 bridgehead atoms. The van der Waals surface area contributed by atoms with Gasteiger partial charge >= 0.3 is 0 Å². The third kappa shape index (κ3) is 5.09. The van der Waals surface area contributed by atoms with Crippen LogP contribution in [0.15, 0.2) is 83.8 Å². The van der Waals surface area contributed by atoms with E-state index in [1.54, 1.807) is 24.3 Å². The molecule has 0 aliphatic carbocycles. The second-order valence-corrected chi connectivity index (χ2v) is 9.99. The third-order valence-electron chi connectivity index (χ3n) is 5.89. The van der Waals surface area contributed by atoms with E-state index >= 15 is 0 Å². The highest BCUT2D eigenvalue weighted by atomic mass is 32.2. The number of fused-ring (bicyclic) bond motifs is 1. The van der Waals surface area contributed by atoms with E-state index in [1.807, 2.05) is 53.4 Å². The number of para-hydroxylation sites is 1. The lowest BCUT2D eigenvalue weighted by Crippen LogP contribution is -2.35. The van der Waals surface area contributed by atoms with Gasteiger partial charge in [-0.25, -0.2) is 13.1 Å². The normalized spacial score (nSPS) is 15.5. The van der Waals surface area contributed by atoms with Crippen molar-refractivity contribution in [1.82, 2.24) is 4.72 Å². The van der Waals surface area contributed by atoms with E-state index in [0.717, 1.165) is 23.2 Å². The minimum atomic E-state index is -3.56. The highest BCUT2D eigenvalue weighted by molar-refractivity contribution is 7.89. The van der Waals surface area contributed by atoms with Gasteiger partial charge in [0.2, 0.25) is 15.9 Å². The van der Waals surface area contributed by atoms with Crippen LogP contribution in [0.1, 0.15) is 30.0 Å². The fourth-order valence-corrected chi connectivity index (χ4v) is 5.24. The summed E-state index contributed by atoms with van der Waals surface area (Å²) >= 11 is 0. The molecule has 1 amide bonds. The van der Waals surface area contributed by atoms with Gasteiger partial charge in [0, 0.05) is 24.7 Å². The molecule has 166 valence electrons. The zero-order valence-corrected chi connectivity index (χ0v) is 19.0. The predicted octanol–water partition coefficient (Wildman–Crippen LogP) is 4.12. The van der Waals surface area contributed by atoms with Crippen LogP contribution in [0, 0.1) is 0 Å². The van der Waals surface area contributed by atoms with E-state index in [-0.39, 0.29) is 16.8 Å². The SMILES string of the molecule is C[C@@H]1Cc2ccccc2N1C(=O)CCc1ccc(S(=O)(=O)NCCc2ccccc2)cc1. The Morgan fingerprint density at radius 2 is 1.56 bits per heavy atom. The fraction of sp³-hybridized carbons (Fsp3) is 0.269. The van der Waals surface area contributed by atoms with E-state index < -0.39 is 10.0 Å². The lowest BCUT2D eigenvalue weighted by atomic mass is 10.1. The van der Waals surface area contributed by atoms with Gasteiger partial charge in [0.1, 0.15) is 0 Å². The number of amides is 1. The monoisotopic (exact) mass is 448 g/mol. The molecule has 5 nitrogen and oxygen atoms in total. The Balaban J connectivity index is 1.32. The third-order valence-corrected chi connectivity index (χ3v) is 7.36. The quantitative estimate of drug-likeness (QED) is 0.564. The summed E-state index contributed by atoms with van der Waals surface area (Å²) in [5, 5.41) is 0. The summed E-state index contributed by atoms with van der Waals surface area (Å²) in [7, 11) is -3.56. The van der Waals surface area contributed by atoms with Gasteiger partial charge in [-0.3, -0.25) is 4.79 Å². The molecule has 6 heteroatoms. The number of nitrogens with one attached hydrogen (secondary N) is 1. The second kappa shape index (κ2) is 9.67. The lowest BCUT2D eigenvalue weighted by molar-refractivity contribution is -0.118. The van der Waals surface area contributed by atoms with Crippen molar-refractivity contribution in [1.29, 1.82) is 0 Å². The molecule has 0 spiro atoms. The van der Waals surface area contributed by atoms with Crippen LogP contribution in [-0.4, -0.2) is 26.9 Å². The van der Waals surface area contributed by atoms with Crippen molar-refractivity contribution in [3.05, 3.63) is 95.6 Å². The number of benzene rings is 3. The number of sulfonamides is 1. The molecule has 3 aromatic carbocycles. The van der Waals surface area contributed by atoms with Gasteiger partial charge in [-0.2, -0.15) is 0 Å². The Morgan fingerprint density at radius 3 is 2.31 bits per heavy atom. The first-order valence-corrected chi connectivity index (χ1v) is 12.4. The molecule has 4 rings (SSSR count). The molecule has 1 heterocycles. The average molecular weight is 449 g/mol. The Labute approximate surface area is 190 Å². The Kier molecular flexibility index (Phi) is 6.72. The molecule has 3 aromatic rings. The maximum absolute atomic E-state index is 12.9. The van der Waals surface area contributed by atoms with E-state index in [2.05, 4.69) is 17.7 Å². The van der Waals surface area contributed by atoms with Gasteiger partial charge in [0.25, 0.3) is 0 Å². The van der Waals surface area contributed by atoms with Crippen LogP contribution in [0.2, 0.25) is 0 Å². The van der Waals surface area contributed by atoms with E-state index in [0.29, 0.717) is 25.8 Å². The van der Waals surface area contributed by atoms with Crippen molar-refractivity contribution in [2.24, 2.45) is 0 Å². The van der Waals surface area contributed by atoms with E-state index in [4.69, 9.17) is 0 Å². The largest absolute Gasteiger partial charge is 0.309 e. The molecule has 1 aliphatic rings. The summed E-state index contributed by atoms with van der Waals surface area (Å²) in [5.74, 6) is 0.0988. The summed E-state index contributed by atoms with van der Waals surface area (Å²) in [4.78, 5) is 15.0. The topological polar surface area (TPSA) is 66.5 Å². The minimum Gasteiger partial charge on any atom is -0.309 e. The second-order valence-electron chi connectivity index (χ2n) is 8.22. The Morgan fingerprint density at radius 1 is 0.906 bits per heavy atom. The number of aryl methyl sites for hydroxylation is 1. The Hall–Kier alpha value is -2.96. The summed E-state index contributed by atoms with van der Waals surface area (Å²) < 4.78 is 27.8. The Bertz CT molecular complexity index is 1180. The number of nitrogens with zero attached hydrogens (tertiary/aromatic N) is 1. The first-order valence-electron chi connectivity index (χ1n) is 11.0. The molecule has 0 saturated carbocycles. The average Bonchev–Trinajstić information content (AvgIpc) is 3.14. The van der Waals surface area contributed by atoms with Gasteiger partial charge in [-0.05, 0) is 61.1 Å². The van der Waals surface area contributed by atoms with Crippen LogP contribution in [0.25, 0.3) is 0 Å². The van der Waals surface area contributed by atoms with Gasteiger partial charge < -0.3 is 4.90 Å². The molecule has 32 heavy (non-hydrogen) atoms. The van der Waals surface area contributed by atoms with Crippen LogP contribution in [0.3, 0.4) is 0 Å². The number of hydrogen-bond acceptors (Lipinski definition) is 3. The molecule has 1 atom stereocenters. The molecule has 1 N–H and O–H groups in total. The summed E-state index contributed by atoms with van der Waals surface area (Å²) in [5.41, 5.74) is 4.25. The maximum atomic E-state index is 12.9. The number of rotatable bonds is 8. The minimum absolute atomic E-state index is 0.0988. The molecule has 1 aliphatic heterocycles. The first-order chi connectivity index (χ1) is 15.4. The summed E-state index contributed by atoms with van der Waals surface area (Å²) in [6.45, 7) is 2.42. The highest BCUT2D eigenvalue weighted by Crippen LogP contribution is 2.32. The van der Waals surface area contributed by atoms with Gasteiger partial charge in [0.05, 0.1) is 4.90 Å². The predicted molar refractivity (Wildman–Crippen MR) is 127 cm³/mol. The number of carbonyl (C=O) groups excluding carboxylic acids is 1.